The minimum atomic E-state index is -0.197. The minimum absolute atomic E-state index is 0.0440. The monoisotopic (exact) mass is 420 g/mol. The van der Waals surface area contributed by atoms with Gasteiger partial charge in [-0.05, 0) is 42.9 Å². The molecule has 31 heavy (non-hydrogen) atoms. The summed E-state index contributed by atoms with van der Waals surface area (Å²) in [6.07, 6.45) is 4.75. The predicted octanol–water partition coefficient (Wildman–Crippen LogP) is 5.14. The molecule has 0 fully saturated rings. The first kappa shape index (κ1) is 22.7. The van der Waals surface area contributed by atoms with Crippen molar-refractivity contribution in [2.75, 3.05) is 6.54 Å². The van der Waals surface area contributed by atoms with Crippen LogP contribution in [0.2, 0.25) is 0 Å². The van der Waals surface area contributed by atoms with E-state index in [0.717, 1.165) is 37.7 Å². The zero-order valence-electron chi connectivity index (χ0n) is 18.5. The van der Waals surface area contributed by atoms with E-state index in [2.05, 4.69) is 31.3 Å². The molecular formula is C26H32N2O3. The van der Waals surface area contributed by atoms with Crippen LogP contribution < -0.4 is 5.32 Å². The molecule has 0 aromatic heterocycles. The highest BCUT2D eigenvalue weighted by Gasteiger charge is 2.34. The SMILES string of the molecule is CC(C)CC(NC(=O)CCCCCCN1C(=O)c2ccccc2C1=O)c1ccccc1. The summed E-state index contributed by atoms with van der Waals surface area (Å²) in [4.78, 5) is 38.5. The first-order chi connectivity index (χ1) is 15.0. The summed E-state index contributed by atoms with van der Waals surface area (Å²) >= 11 is 0. The van der Waals surface area contributed by atoms with Gasteiger partial charge in [0.1, 0.15) is 0 Å². The van der Waals surface area contributed by atoms with E-state index >= 15 is 0 Å². The molecule has 0 radical (unpaired) electrons. The Morgan fingerprint density at radius 1 is 0.839 bits per heavy atom. The second kappa shape index (κ2) is 10.9. The Labute approximate surface area is 184 Å². The van der Waals surface area contributed by atoms with Gasteiger partial charge in [-0.25, -0.2) is 0 Å². The molecule has 1 atom stereocenters. The van der Waals surface area contributed by atoms with Gasteiger partial charge in [0.05, 0.1) is 17.2 Å². The fourth-order valence-corrected chi connectivity index (χ4v) is 4.05. The molecule has 1 unspecified atom stereocenters. The zero-order valence-corrected chi connectivity index (χ0v) is 18.5. The standard InChI is InChI=1S/C26H32N2O3/c1-19(2)18-23(20-12-6-5-7-13-20)27-24(29)16-8-3-4-11-17-28-25(30)21-14-9-10-15-22(21)26(28)31/h5-7,9-10,12-15,19,23H,3-4,8,11,16-18H2,1-2H3,(H,27,29). The van der Waals surface area contributed by atoms with Gasteiger partial charge < -0.3 is 5.32 Å². The Morgan fingerprint density at radius 2 is 1.42 bits per heavy atom. The third-order valence-corrected chi connectivity index (χ3v) is 5.66. The maximum absolute atomic E-state index is 12.5. The van der Waals surface area contributed by atoms with E-state index in [1.54, 1.807) is 24.3 Å². The molecule has 1 N–H and O–H groups in total. The number of nitrogens with one attached hydrogen (secondary N) is 1. The average molecular weight is 421 g/mol. The van der Waals surface area contributed by atoms with Crippen LogP contribution in [-0.2, 0) is 4.79 Å². The summed E-state index contributed by atoms with van der Waals surface area (Å²) < 4.78 is 0. The Morgan fingerprint density at radius 3 is 2.03 bits per heavy atom. The maximum Gasteiger partial charge on any atom is 0.261 e. The van der Waals surface area contributed by atoms with Gasteiger partial charge in [0.15, 0.2) is 0 Å². The molecule has 3 amide bonds. The van der Waals surface area contributed by atoms with Crippen molar-refractivity contribution in [2.45, 2.75) is 58.4 Å². The molecule has 0 aliphatic carbocycles. The van der Waals surface area contributed by atoms with Crippen LogP contribution in [0.25, 0.3) is 0 Å². The van der Waals surface area contributed by atoms with E-state index in [1.165, 1.54) is 4.90 Å². The van der Waals surface area contributed by atoms with Crippen molar-refractivity contribution < 1.29 is 14.4 Å². The number of fused-ring (bicyclic) bond motifs is 1. The number of benzene rings is 2. The molecule has 2 aromatic rings. The summed E-state index contributed by atoms with van der Waals surface area (Å²) in [5, 5.41) is 3.19. The number of amides is 3. The smallest absolute Gasteiger partial charge is 0.261 e. The highest BCUT2D eigenvalue weighted by molar-refractivity contribution is 6.21. The zero-order chi connectivity index (χ0) is 22.2. The number of hydrogen-bond acceptors (Lipinski definition) is 3. The van der Waals surface area contributed by atoms with E-state index < -0.39 is 0 Å². The van der Waals surface area contributed by atoms with Gasteiger partial charge in [-0.1, -0.05) is 69.2 Å². The summed E-state index contributed by atoms with van der Waals surface area (Å²) in [5.74, 6) is 0.177. The van der Waals surface area contributed by atoms with Crippen LogP contribution >= 0.6 is 0 Å². The van der Waals surface area contributed by atoms with Crippen LogP contribution in [0.15, 0.2) is 54.6 Å². The van der Waals surface area contributed by atoms with Crippen molar-refractivity contribution >= 4 is 17.7 Å². The van der Waals surface area contributed by atoms with Crippen molar-refractivity contribution in [3.05, 3.63) is 71.3 Å². The number of imide groups is 1. The molecule has 0 saturated carbocycles. The van der Waals surface area contributed by atoms with Crippen LogP contribution in [0.1, 0.15) is 84.7 Å². The second-order valence-electron chi connectivity index (χ2n) is 8.63. The first-order valence-electron chi connectivity index (χ1n) is 11.3. The average Bonchev–Trinajstić information content (AvgIpc) is 3.01. The molecule has 0 saturated heterocycles. The van der Waals surface area contributed by atoms with Gasteiger partial charge >= 0.3 is 0 Å². The topological polar surface area (TPSA) is 66.5 Å². The molecular weight excluding hydrogens is 388 g/mol. The lowest BCUT2D eigenvalue weighted by Crippen LogP contribution is -2.30. The van der Waals surface area contributed by atoms with Gasteiger partial charge in [0.2, 0.25) is 5.91 Å². The van der Waals surface area contributed by atoms with Crippen LogP contribution in [0.5, 0.6) is 0 Å². The van der Waals surface area contributed by atoms with Crippen molar-refractivity contribution in [3.63, 3.8) is 0 Å². The quantitative estimate of drug-likeness (QED) is 0.404. The molecule has 1 aliphatic rings. The largest absolute Gasteiger partial charge is 0.349 e. The van der Waals surface area contributed by atoms with E-state index in [-0.39, 0.29) is 23.8 Å². The van der Waals surface area contributed by atoms with Crippen molar-refractivity contribution in [1.82, 2.24) is 10.2 Å². The molecule has 1 heterocycles. The molecule has 0 bridgehead atoms. The van der Waals surface area contributed by atoms with Gasteiger partial charge in [-0.3, -0.25) is 19.3 Å². The lowest BCUT2D eigenvalue weighted by Gasteiger charge is -2.21. The van der Waals surface area contributed by atoms with Gasteiger partial charge in [-0.15, -0.1) is 0 Å². The molecule has 5 heteroatoms. The Kier molecular flexibility index (Phi) is 7.99. The van der Waals surface area contributed by atoms with Crippen LogP contribution in [0.3, 0.4) is 0 Å². The molecule has 5 nitrogen and oxygen atoms in total. The number of carbonyl (C=O) groups is 3. The summed E-state index contributed by atoms with van der Waals surface area (Å²) in [6, 6.07) is 17.1. The molecule has 1 aliphatic heterocycles. The number of unbranched alkanes of at least 4 members (excludes halogenated alkanes) is 3. The Balaban J connectivity index is 1.36. The highest BCUT2D eigenvalue weighted by atomic mass is 16.2. The van der Waals surface area contributed by atoms with Crippen LogP contribution in [0, 0.1) is 5.92 Å². The molecule has 3 rings (SSSR count). The summed E-state index contributed by atoms with van der Waals surface area (Å²) in [6.45, 7) is 4.76. The minimum Gasteiger partial charge on any atom is -0.349 e. The van der Waals surface area contributed by atoms with Crippen molar-refractivity contribution in [1.29, 1.82) is 0 Å². The van der Waals surface area contributed by atoms with Gasteiger partial charge in [0.25, 0.3) is 11.8 Å². The summed E-state index contributed by atoms with van der Waals surface area (Å²) in [7, 11) is 0. The normalized spacial score (nSPS) is 14.1. The number of nitrogens with zero attached hydrogens (tertiary/aromatic N) is 1. The Hall–Kier alpha value is -2.95. The van der Waals surface area contributed by atoms with Gasteiger partial charge in [-0.2, -0.15) is 0 Å². The lowest BCUT2D eigenvalue weighted by atomic mass is 9.97. The van der Waals surface area contributed by atoms with E-state index in [0.29, 0.717) is 30.0 Å². The van der Waals surface area contributed by atoms with Crippen LogP contribution in [0.4, 0.5) is 0 Å². The third kappa shape index (κ3) is 6.03. The summed E-state index contributed by atoms with van der Waals surface area (Å²) in [5.41, 5.74) is 2.14. The molecule has 164 valence electrons. The number of rotatable bonds is 11. The van der Waals surface area contributed by atoms with Crippen molar-refractivity contribution in [2.24, 2.45) is 5.92 Å². The van der Waals surface area contributed by atoms with Crippen LogP contribution in [-0.4, -0.2) is 29.2 Å². The number of carbonyl (C=O) groups excluding carboxylic acids is 3. The second-order valence-corrected chi connectivity index (χ2v) is 8.63. The number of hydrogen-bond donors (Lipinski definition) is 1. The van der Waals surface area contributed by atoms with E-state index in [9.17, 15) is 14.4 Å². The lowest BCUT2D eigenvalue weighted by molar-refractivity contribution is -0.122. The fraction of sp³-hybridized carbons (Fsp3) is 0.423. The first-order valence-corrected chi connectivity index (χ1v) is 11.3. The Bertz CT molecular complexity index is 873. The molecule has 2 aromatic carbocycles. The maximum atomic E-state index is 12.5. The van der Waals surface area contributed by atoms with E-state index in [1.807, 2.05) is 18.2 Å². The highest BCUT2D eigenvalue weighted by Crippen LogP contribution is 2.23. The fourth-order valence-electron chi connectivity index (χ4n) is 4.05. The molecule has 0 spiro atoms. The van der Waals surface area contributed by atoms with Gasteiger partial charge in [0, 0.05) is 13.0 Å². The van der Waals surface area contributed by atoms with Crippen molar-refractivity contribution in [3.8, 4) is 0 Å². The predicted molar refractivity (Wildman–Crippen MR) is 122 cm³/mol. The third-order valence-electron chi connectivity index (χ3n) is 5.66. The van der Waals surface area contributed by atoms with E-state index in [4.69, 9.17) is 0 Å².